The number of nitrogens with one attached hydrogen (secondary N) is 1. The summed E-state index contributed by atoms with van der Waals surface area (Å²) in [4.78, 5) is 12.3. The van der Waals surface area contributed by atoms with Gasteiger partial charge in [-0.1, -0.05) is 30.7 Å². The lowest BCUT2D eigenvalue weighted by Gasteiger charge is -2.28. The molecule has 4 heteroatoms. The van der Waals surface area contributed by atoms with Gasteiger partial charge >= 0.3 is 0 Å². The fourth-order valence-electron chi connectivity index (χ4n) is 3.50. The van der Waals surface area contributed by atoms with E-state index < -0.39 is 0 Å². The van der Waals surface area contributed by atoms with Gasteiger partial charge in [-0.15, -0.1) is 12.4 Å². The van der Waals surface area contributed by atoms with Crippen molar-refractivity contribution in [2.45, 2.75) is 50.6 Å². The minimum absolute atomic E-state index is 0. The molecule has 2 aliphatic rings. The highest BCUT2D eigenvalue weighted by Gasteiger charge is 2.32. The maximum Gasteiger partial charge on any atom is 0.225 e. The van der Waals surface area contributed by atoms with Crippen LogP contribution in [0.15, 0.2) is 24.3 Å². The molecule has 0 saturated heterocycles. The molecule has 3 unspecified atom stereocenters. The molecule has 20 heavy (non-hydrogen) atoms. The van der Waals surface area contributed by atoms with Crippen molar-refractivity contribution < 1.29 is 4.79 Å². The minimum atomic E-state index is 0. The number of halogens is 1. The molecule has 3 atom stereocenters. The van der Waals surface area contributed by atoms with Crippen LogP contribution in [0, 0.1) is 5.92 Å². The quantitative estimate of drug-likeness (QED) is 0.881. The molecule has 0 aromatic heterocycles. The maximum absolute atomic E-state index is 12.3. The Morgan fingerprint density at radius 1 is 1.15 bits per heavy atom. The first kappa shape index (κ1) is 15.3. The van der Waals surface area contributed by atoms with Crippen LogP contribution in [0.25, 0.3) is 0 Å². The van der Waals surface area contributed by atoms with Gasteiger partial charge in [0.15, 0.2) is 0 Å². The number of hydrogen-bond acceptors (Lipinski definition) is 2. The second-order valence-corrected chi connectivity index (χ2v) is 5.85. The van der Waals surface area contributed by atoms with Crippen molar-refractivity contribution in [1.82, 2.24) is 5.32 Å². The van der Waals surface area contributed by atoms with Gasteiger partial charge in [0.25, 0.3) is 0 Å². The third-order valence-corrected chi connectivity index (χ3v) is 4.59. The molecule has 110 valence electrons. The number of carbonyl (C=O) groups is 1. The Morgan fingerprint density at radius 2 is 1.95 bits per heavy atom. The molecular formula is C16H23ClN2O. The number of hydrogen-bond donors (Lipinski definition) is 2. The van der Waals surface area contributed by atoms with Crippen molar-refractivity contribution in [2.24, 2.45) is 11.7 Å². The van der Waals surface area contributed by atoms with Gasteiger partial charge < -0.3 is 11.1 Å². The molecule has 3 nitrogen and oxygen atoms in total. The molecule has 0 spiro atoms. The largest absolute Gasteiger partial charge is 0.349 e. The van der Waals surface area contributed by atoms with Crippen LogP contribution in [-0.2, 0) is 11.2 Å². The molecule has 3 rings (SSSR count). The summed E-state index contributed by atoms with van der Waals surface area (Å²) in [6, 6.07) is 8.70. The first-order valence-electron chi connectivity index (χ1n) is 7.39. The van der Waals surface area contributed by atoms with E-state index in [2.05, 4.69) is 29.6 Å². The van der Waals surface area contributed by atoms with E-state index in [1.807, 2.05) is 0 Å². The summed E-state index contributed by atoms with van der Waals surface area (Å²) in [5.74, 6) is 0.181. The number of nitrogens with two attached hydrogens (primary N) is 1. The number of benzene rings is 1. The fraction of sp³-hybridized carbons (Fsp3) is 0.562. The Hall–Kier alpha value is -1.06. The van der Waals surface area contributed by atoms with E-state index in [0.717, 1.165) is 38.5 Å². The van der Waals surface area contributed by atoms with Crippen molar-refractivity contribution in [3.8, 4) is 0 Å². The predicted molar refractivity (Wildman–Crippen MR) is 82.8 cm³/mol. The highest BCUT2D eigenvalue weighted by molar-refractivity contribution is 5.85. The van der Waals surface area contributed by atoms with E-state index in [0.29, 0.717) is 0 Å². The summed E-state index contributed by atoms with van der Waals surface area (Å²) in [6.07, 6.45) is 6.34. The van der Waals surface area contributed by atoms with Gasteiger partial charge in [0, 0.05) is 6.04 Å². The molecule has 3 N–H and O–H groups in total. The summed E-state index contributed by atoms with van der Waals surface area (Å²) >= 11 is 0. The summed E-state index contributed by atoms with van der Waals surface area (Å²) < 4.78 is 0. The van der Waals surface area contributed by atoms with Crippen LogP contribution in [0.3, 0.4) is 0 Å². The summed E-state index contributed by atoms with van der Waals surface area (Å²) in [6.45, 7) is 0. The Labute approximate surface area is 126 Å². The standard InChI is InChI=1S/C16H22N2O.ClH/c17-14-9-4-8-13(14)16(19)18-15-10-3-6-11-5-1-2-7-12(11)15;/h1-2,5,7,13-15H,3-4,6,8-10,17H2,(H,18,19);1H. The average molecular weight is 295 g/mol. The topological polar surface area (TPSA) is 55.1 Å². The van der Waals surface area contributed by atoms with E-state index in [-0.39, 0.29) is 36.3 Å². The van der Waals surface area contributed by atoms with Gasteiger partial charge in [-0.2, -0.15) is 0 Å². The molecule has 1 aromatic rings. The Kier molecular flexibility index (Phi) is 5.06. The molecule has 2 aliphatic carbocycles. The SMILES string of the molecule is Cl.NC1CCCC1C(=O)NC1CCCc2ccccc21. The Balaban J connectivity index is 0.00000147. The molecule has 1 amide bonds. The van der Waals surface area contributed by atoms with Crippen LogP contribution >= 0.6 is 12.4 Å². The van der Waals surface area contributed by atoms with Crippen molar-refractivity contribution in [2.75, 3.05) is 0 Å². The number of carbonyl (C=O) groups excluding carboxylic acids is 1. The molecule has 1 saturated carbocycles. The molecule has 0 bridgehead atoms. The van der Waals surface area contributed by atoms with Crippen molar-refractivity contribution >= 4 is 18.3 Å². The van der Waals surface area contributed by atoms with Crippen molar-refractivity contribution in [1.29, 1.82) is 0 Å². The van der Waals surface area contributed by atoms with Crippen molar-refractivity contribution in [3.63, 3.8) is 0 Å². The smallest absolute Gasteiger partial charge is 0.225 e. The second-order valence-electron chi connectivity index (χ2n) is 5.85. The van der Waals surface area contributed by atoms with Crippen LogP contribution in [-0.4, -0.2) is 11.9 Å². The van der Waals surface area contributed by atoms with E-state index >= 15 is 0 Å². The van der Waals surface area contributed by atoms with E-state index in [1.165, 1.54) is 11.1 Å². The van der Waals surface area contributed by atoms with Crippen LogP contribution in [0.2, 0.25) is 0 Å². The van der Waals surface area contributed by atoms with Crippen LogP contribution < -0.4 is 11.1 Å². The average Bonchev–Trinajstić information content (AvgIpc) is 2.85. The van der Waals surface area contributed by atoms with Gasteiger partial charge in [-0.3, -0.25) is 4.79 Å². The number of amides is 1. The van der Waals surface area contributed by atoms with Crippen LogP contribution in [0.5, 0.6) is 0 Å². The van der Waals surface area contributed by atoms with Crippen molar-refractivity contribution in [3.05, 3.63) is 35.4 Å². The summed E-state index contributed by atoms with van der Waals surface area (Å²) in [5, 5.41) is 3.23. The lowest BCUT2D eigenvalue weighted by molar-refractivity contribution is -0.126. The number of aryl methyl sites for hydroxylation is 1. The molecule has 0 radical (unpaired) electrons. The fourth-order valence-corrected chi connectivity index (χ4v) is 3.50. The molecular weight excluding hydrogens is 272 g/mol. The van der Waals surface area contributed by atoms with Gasteiger partial charge in [-0.25, -0.2) is 0 Å². The summed E-state index contributed by atoms with van der Waals surface area (Å²) in [7, 11) is 0. The van der Waals surface area contributed by atoms with E-state index in [9.17, 15) is 4.79 Å². The van der Waals surface area contributed by atoms with Crippen LogP contribution in [0.1, 0.15) is 49.3 Å². The lowest BCUT2D eigenvalue weighted by atomic mass is 9.87. The summed E-state index contributed by atoms with van der Waals surface area (Å²) in [5.41, 5.74) is 8.70. The van der Waals surface area contributed by atoms with Gasteiger partial charge in [0.05, 0.1) is 12.0 Å². The van der Waals surface area contributed by atoms with Gasteiger partial charge in [0.2, 0.25) is 5.91 Å². The molecule has 1 fully saturated rings. The molecule has 1 aromatic carbocycles. The third-order valence-electron chi connectivity index (χ3n) is 4.59. The zero-order chi connectivity index (χ0) is 13.2. The Bertz CT molecular complexity index is 477. The first-order chi connectivity index (χ1) is 9.25. The van der Waals surface area contributed by atoms with Gasteiger partial charge in [-0.05, 0) is 43.2 Å². The van der Waals surface area contributed by atoms with E-state index in [1.54, 1.807) is 0 Å². The molecule has 0 aliphatic heterocycles. The lowest BCUT2D eigenvalue weighted by Crippen LogP contribution is -2.41. The Morgan fingerprint density at radius 3 is 2.70 bits per heavy atom. The van der Waals surface area contributed by atoms with E-state index in [4.69, 9.17) is 5.73 Å². The molecule has 0 heterocycles. The number of rotatable bonds is 2. The van der Waals surface area contributed by atoms with Crippen LogP contribution in [0.4, 0.5) is 0 Å². The normalized spacial score (nSPS) is 28.4. The predicted octanol–water partition coefficient (Wildman–Crippen LogP) is 2.73. The number of fused-ring (bicyclic) bond motifs is 1. The monoisotopic (exact) mass is 294 g/mol. The second kappa shape index (κ2) is 6.59. The third kappa shape index (κ3) is 2.99. The minimum Gasteiger partial charge on any atom is -0.349 e. The zero-order valence-corrected chi connectivity index (χ0v) is 12.5. The van der Waals surface area contributed by atoms with Gasteiger partial charge in [0.1, 0.15) is 0 Å². The highest BCUT2D eigenvalue weighted by atomic mass is 35.5. The first-order valence-corrected chi connectivity index (χ1v) is 7.39. The zero-order valence-electron chi connectivity index (χ0n) is 11.7. The maximum atomic E-state index is 12.3. The highest BCUT2D eigenvalue weighted by Crippen LogP contribution is 2.31.